The number of hydrogen-bond donors (Lipinski definition) is 1. The summed E-state index contributed by atoms with van der Waals surface area (Å²) >= 11 is 2.22. The van der Waals surface area contributed by atoms with Crippen molar-refractivity contribution in [3.63, 3.8) is 0 Å². The molecule has 4 heteroatoms. The molecule has 0 fully saturated rings. The van der Waals surface area contributed by atoms with E-state index in [1.807, 2.05) is 0 Å². The molecular formula is C10H23I3N-. The first-order chi connectivity index (χ1) is 6.31. The van der Waals surface area contributed by atoms with Gasteiger partial charge in [-0.15, -0.1) is 0 Å². The normalized spacial score (nSPS) is 18.1. The summed E-state index contributed by atoms with van der Waals surface area (Å²) in [5, 5.41) is 0. The summed E-state index contributed by atoms with van der Waals surface area (Å²) in [5.74, 6) is 0. The predicted octanol–water partition coefficient (Wildman–Crippen LogP) is 0.684. The summed E-state index contributed by atoms with van der Waals surface area (Å²) in [7, 11) is 0. The molecule has 0 aromatic heterocycles. The fraction of sp³-hybridized carbons (Fsp3) is 1.00. The van der Waals surface area contributed by atoms with Crippen molar-refractivity contribution in [3.05, 3.63) is 0 Å². The van der Waals surface area contributed by atoms with Gasteiger partial charge < -0.3 is 0 Å². The molecule has 1 nitrogen and oxygen atoms in total. The van der Waals surface area contributed by atoms with Gasteiger partial charge >= 0.3 is 123 Å². The van der Waals surface area contributed by atoms with Gasteiger partial charge in [-0.3, -0.25) is 0 Å². The molecule has 0 rings (SSSR count). The second kappa shape index (κ2) is 7.47. The van der Waals surface area contributed by atoms with Crippen molar-refractivity contribution < 1.29 is 21.5 Å². The van der Waals surface area contributed by atoms with Crippen LogP contribution in [0.1, 0.15) is 34.1 Å². The molecular weight excluding hydrogens is 515 g/mol. The second-order valence-electron chi connectivity index (χ2n) is 4.13. The Morgan fingerprint density at radius 2 is 1.93 bits per heavy atom. The standard InChI is InChI=1S/C10H23I3N/c1-7-9(11)10(3,4)14-12-8(2)13(5)6/h8-9,14H,7H2,1-6H3/q-1. The predicted molar refractivity (Wildman–Crippen MR) is 80.6 cm³/mol. The van der Waals surface area contributed by atoms with Crippen molar-refractivity contribution in [2.24, 2.45) is 0 Å². The van der Waals surface area contributed by atoms with Crippen molar-refractivity contribution in [1.82, 2.24) is 3.53 Å². The van der Waals surface area contributed by atoms with E-state index in [1.54, 1.807) is 0 Å². The summed E-state index contributed by atoms with van der Waals surface area (Å²) in [4.78, 5) is 4.95. The van der Waals surface area contributed by atoms with Crippen LogP contribution in [0.25, 0.3) is 0 Å². The van der Waals surface area contributed by atoms with Gasteiger partial charge in [-0.1, -0.05) is 0 Å². The van der Waals surface area contributed by atoms with Gasteiger partial charge in [0.05, 0.1) is 0 Å². The third-order valence-corrected chi connectivity index (χ3v) is 18.5. The number of halogens is 3. The van der Waals surface area contributed by atoms with E-state index in [0.29, 0.717) is 5.54 Å². The Kier molecular flexibility index (Phi) is 8.62. The van der Waals surface area contributed by atoms with Crippen molar-refractivity contribution in [2.45, 2.75) is 45.5 Å². The number of nitrogens with one attached hydrogen (secondary N) is 1. The Bertz CT molecular complexity index is 159. The van der Waals surface area contributed by atoms with E-state index in [-0.39, 0.29) is 21.5 Å². The molecule has 0 aliphatic rings. The number of hydrogen-bond acceptors (Lipinski definition) is 1. The molecule has 0 aromatic rings. The Morgan fingerprint density at radius 3 is 2.29 bits per heavy atom. The molecule has 1 N–H and O–H groups in total. The van der Waals surface area contributed by atoms with Crippen molar-refractivity contribution in [1.29, 1.82) is 0 Å². The molecule has 0 radical (unpaired) electrons. The zero-order valence-corrected chi connectivity index (χ0v) is 16.5. The summed E-state index contributed by atoms with van der Waals surface area (Å²) in [5.41, 5.74) is 0.336. The Balaban J connectivity index is 3.98. The molecule has 0 saturated carbocycles. The van der Waals surface area contributed by atoms with Gasteiger partial charge in [-0.25, -0.2) is 0 Å². The van der Waals surface area contributed by atoms with Crippen LogP contribution < -0.4 is 25.0 Å². The SMILES string of the molecule is CCC(I)C(C)(C)N[I-]C(C)I(C)C. The topological polar surface area (TPSA) is 12.0 Å². The van der Waals surface area contributed by atoms with Crippen LogP contribution in [0.3, 0.4) is 0 Å². The molecule has 90 valence electrons. The molecule has 0 saturated heterocycles. The molecule has 0 aromatic carbocycles. The zero-order chi connectivity index (χ0) is 11.4. The van der Waals surface area contributed by atoms with E-state index in [4.69, 9.17) is 0 Å². The maximum absolute atomic E-state index is 3.83. The van der Waals surface area contributed by atoms with Crippen LogP contribution in [-0.4, -0.2) is 21.3 Å². The Morgan fingerprint density at radius 1 is 1.43 bits per heavy atom. The molecule has 0 spiro atoms. The summed E-state index contributed by atoms with van der Waals surface area (Å²) in [6.07, 6.45) is 1.26. The van der Waals surface area contributed by atoms with Crippen LogP contribution in [0.15, 0.2) is 0 Å². The first-order valence-corrected chi connectivity index (χ1v) is 14.0. The van der Waals surface area contributed by atoms with Gasteiger partial charge in [0.2, 0.25) is 0 Å². The van der Waals surface area contributed by atoms with Gasteiger partial charge in [-0.2, -0.15) is 0 Å². The molecule has 2 unspecified atom stereocenters. The third-order valence-electron chi connectivity index (χ3n) is 2.19. The second-order valence-corrected chi connectivity index (χ2v) is 17.6. The van der Waals surface area contributed by atoms with Crippen LogP contribution in [0.5, 0.6) is 0 Å². The molecule has 0 amide bonds. The van der Waals surface area contributed by atoms with Crippen molar-refractivity contribution >= 4 is 42.4 Å². The van der Waals surface area contributed by atoms with E-state index in [9.17, 15) is 0 Å². The Labute approximate surface area is 121 Å². The Hall–Kier alpha value is 2.15. The van der Waals surface area contributed by atoms with Gasteiger partial charge in [-0.05, 0) is 0 Å². The van der Waals surface area contributed by atoms with E-state index in [0.717, 1.165) is 5.86 Å². The fourth-order valence-corrected chi connectivity index (χ4v) is 7.65. The van der Waals surface area contributed by atoms with Gasteiger partial charge in [0.1, 0.15) is 0 Å². The molecule has 0 heterocycles. The van der Waals surface area contributed by atoms with Crippen molar-refractivity contribution in [2.75, 3.05) is 9.86 Å². The van der Waals surface area contributed by atoms with E-state index in [1.165, 1.54) is 6.42 Å². The van der Waals surface area contributed by atoms with Crippen LogP contribution in [0.4, 0.5) is 0 Å². The van der Waals surface area contributed by atoms with Crippen LogP contribution >= 0.6 is 42.4 Å². The van der Waals surface area contributed by atoms with E-state index < -0.39 is 19.8 Å². The molecule has 0 aliphatic carbocycles. The molecule has 2 atom stereocenters. The van der Waals surface area contributed by atoms with Crippen LogP contribution in [0.2, 0.25) is 0 Å². The average molecular weight is 538 g/mol. The van der Waals surface area contributed by atoms with Crippen LogP contribution in [0, 0.1) is 0 Å². The first-order valence-electron chi connectivity index (χ1n) is 4.83. The molecule has 0 aliphatic heterocycles. The van der Waals surface area contributed by atoms with Gasteiger partial charge in [0.15, 0.2) is 0 Å². The number of rotatable bonds is 6. The quantitative estimate of drug-likeness (QED) is 0.299. The van der Waals surface area contributed by atoms with Gasteiger partial charge in [0.25, 0.3) is 0 Å². The van der Waals surface area contributed by atoms with Crippen molar-refractivity contribution in [3.8, 4) is 0 Å². The monoisotopic (exact) mass is 538 g/mol. The van der Waals surface area contributed by atoms with Crippen LogP contribution in [-0.2, 0) is 0 Å². The van der Waals surface area contributed by atoms with E-state index in [2.05, 4.69) is 63.7 Å². The minimum atomic E-state index is -0.568. The summed E-state index contributed by atoms with van der Waals surface area (Å²) < 4.78 is 5.61. The van der Waals surface area contributed by atoms with Gasteiger partial charge in [0, 0.05) is 0 Å². The minimum absolute atomic E-state index is 0.207. The number of alkyl halides is 5. The third kappa shape index (κ3) is 6.03. The summed E-state index contributed by atoms with van der Waals surface area (Å²) in [6, 6.07) is 0. The maximum atomic E-state index is 3.83. The molecule has 0 bridgehead atoms. The van der Waals surface area contributed by atoms with E-state index >= 15 is 0 Å². The first kappa shape index (κ1) is 16.1. The zero-order valence-electron chi connectivity index (χ0n) is 10.00. The fourth-order valence-electron chi connectivity index (χ4n) is 0.868. The summed E-state index contributed by atoms with van der Waals surface area (Å²) in [6.45, 7) is 9.42. The average Bonchev–Trinajstić information content (AvgIpc) is 2.12. The molecule has 14 heavy (non-hydrogen) atoms.